The molecule has 80 valence electrons. The number of hydrogen-bond donors (Lipinski definition) is 1. The van der Waals surface area contributed by atoms with E-state index in [9.17, 15) is 9.59 Å². The van der Waals surface area contributed by atoms with Crippen LogP contribution >= 0.6 is 0 Å². The Balaban J connectivity index is 2.67. The number of unbranched alkanes of at least 4 members (excludes halogenated alkanes) is 1. The molecule has 1 aliphatic rings. The summed E-state index contributed by atoms with van der Waals surface area (Å²) in [5.41, 5.74) is 0. The summed E-state index contributed by atoms with van der Waals surface area (Å²) in [5, 5.41) is 2.66. The van der Waals surface area contributed by atoms with Gasteiger partial charge in [-0.2, -0.15) is 0 Å². The maximum Gasteiger partial charge on any atom is 0.245 e. The Hall–Kier alpha value is -1.06. The van der Waals surface area contributed by atoms with Crippen molar-refractivity contribution in [1.82, 2.24) is 10.2 Å². The first-order valence-electron chi connectivity index (χ1n) is 5.18. The quantitative estimate of drug-likeness (QED) is 0.718. The molecule has 1 heterocycles. The average molecular weight is 198 g/mol. The summed E-state index contributed by atoms with van der Waals surface area (Å²) in [6, 6.07) is -0.680. The molecule has 0 aromatic carbocycles. The van der Waals surface area contributed by atoms with Crippen LogP contribution in [-0.4, -0.2) is 35.3 Å². The van der Waals surface area contributed by atoms with E-state index < -0.39 is 0 Å². The molecule has 1 fully saturated rings. The van der Waals surface area contributed by atoms with Crippen LogP contribution in [0.25, 0.3) is 0 Å². The number of piperazine rings is 1. The zero-order valence-corrected chi connectivity index (χ0v) is 9.04. The molecule has 0 aromatic rings. The fourth-order valence-corrected chi connectivity index (χ4v) is 1.61. The van der Waals surface area contributed by atoms with Gasteiger partial charge in [0, 0.05) is 6.54 Å². The van der Waals surface area contributed by atoms with Crippen LogP contribution in [0, 0.1) is 0 Å². The highest BCUT2D eigenvalue weighted by atomic mass is 16.2. The molecule has 0 bridgehead atoms. The Labute approximate surface area is 84.7 Å². The predicted octanol–water partition coefficient (Wildman–Crippen LogP) is 0.522. The zero-order valence-electron chi connectivity index (χ0n) is 9.04. The van der Waals surface area contributed by atoms with E-state index >= 15 is 0 Å². The lowest BCUT2D eigenvalue weighted by molar-refractivity contribution is -0.148. The van der Waals surface area contributed by atoms with Crippen LogP contribution in [-0.2, 0) is 9.59 Å². The first-order valence-corrected chi connectivity index (χ1v) is 5.18. The highest BCUT2D eigenvalue weighted by Gasteiger charge is 2.34. The van der Waals surface area contributed by atoms with Gasteiger partial charge in [-0.25, -0.2) is 0 Å². The second-order valence-electron chi connectivity index (χ2n) is 3.79. The minimum absolute atomic E-state index is 0.0329. The molecule has 2 atom stereocenters. The molecule has 2 unspecified atom stereocenters. The first kappa shape index (κ1) is 11.0. The molecule has 4 nitrogen and oxygen atoms in total. The molecule has 0 saturated carbocycles. The van der Waals surface area contributed by atoms with Crippen LogP contribution in [0.2, 0.25) is 0 Å². The lowest BCUT2D eigenvalue weighted by Gasteiger charge is -2.36. The van der Waals surface area contributed by atoms with Crippen LogP contribution < -0.4 is 5.32 Å². The van der Waals surface area contributed by atoms with E-state index in [1.807, 2.05) is 0 Å². The van der Waals surface area contributed by atoms with Crippen LogP contribution in [0.4, 0.5) is 0 Å². The van der Waals surface area contributed by atoms with E-state index in [2.05, 4.69) is 12.2 Å². The first-order chi connectivity index (χ1) is 6.57. The summed E-state index contributed by atoms with van der Waals surface area (Å²) < 4.78 is 0. The number of carbonyl (C=O) groups is 2. The SMILES string of the molecule is CCCCN1C(=O)C(C)NC(=O)C1C. The van der Waals surface area contributed by atoms with Gasteiger partial charge in [0.15, 0.2) is 0 Å². The van der Waals surface area contributed by atoms with Gasteiger partial charge < -0.3 is 10.2 Å². The van der Waals surface area contributed by atoms with Crippen molar-refractivity contribution in [2.75, 3.05) is 6.54 Å². The van der Waals surface area contributed by atoms with Crippen LogP contribution in [0.3, 0.4) is 0 Å². The largest absolute Gasteiger partial charge is 0.343 e. The van der Waals surface area contributed by atoms with Gasteiger partial charge in [-0.3, -0.25) is 9.59 Å². The van der Waals surface area contributed by atoms with E-state index in [-0.39, 0.29) is 23.9 Å². The number of carbonyl (C=O) groups excluding carboxylic acids is 2. The van der Waals surface area contributed by atoms with Crippen molar-refractivity contribution >= 4 is 11.8 Å². The summed E-state index contributed by atoms with van der Waals surface area (Å²) >= 11 is 0. The molecule has 0 radical (unpaired) electrons. The molecule has 0 aromatic heterocycles. The molecule has 14 heavy (non-hydrogen) atoms. The molecule has 1 rings (SSSR count). The Kier molecular flexibility index (Phi) is 3.49. The van der Waals surface area contributed by atoms with Gasteiger partial charge in [-0.05, 0) is 20.3 Å². The highest BCUT2D eigenvalue weighted by molar-refractivity contribution is 5.96. The maximum absolute atomic E-state index is 11.7. The third kappa shape index (κ3) is 2.05. The number of rotatable bonds is 3. The Morgan fingerprint density at radius 1 is 1.36 bits per heavy atom. The Bertz CT molecular complexity index is 240. The molecule has 1 N–H and O–H groups in total. The monoisotopic (exact) mass is 198 g/mol. The van der Waals surface area contributed by atoms with Crippen molar-refractivity contribution in [3.8, 4) is 0 Å². The van der Waals surface area contributed by atoms with Crippen LogP contribution in [0.5, 0.6) is 0 Å². The minimum Gasteiger partial charge on any atom is -0.343 e. The average Bonchev–Trinajstić information content (AvgIpc) is 2.15. The van der Waals surface area contributed by atoms with Crippen LogP contribution in [0.1, 0.15) is 33.6 Å². The third-order valence-corrected chi connectivity index (χ3v) is 2.61. The van der Waals surface area contributed by atoms with E-state index in [1.165, 1.54) is 0 Å². The number of amides is 2. The van der Waals surface area contributed by atoms with Gasteiger partial charge in [0.25, 0.3) is 0 Å². The topological polar surface area (TPSA) is 49.4 Å². The van der Waals surface area contributed by atoms with Crippen molar-refractivity contribution in [1.29, 1.82) is 0 Å². The van der Waals surface area contributed by atoms with Crippen molar-refractivity contribution in [3.05, 3.63) is 0 Å². The molecular weight excluding hydrogens is 180 g/mol. The minimum atomic E-state index is -0.365. The number of nitrogens with one attached hydrogen (secondary N) is 1. The molecule has 1 saturated heterocycles. The maximum atomic E-state index is 11.7. The summed E-state index contributed by atoms with van der Waals surface area (Å²) in [7, 11) is 0. The smallest absolute Gasteiger partial charge is 0.245 e. The molecule has 0 aliphatic carbocycles. The van der Waals surface area contributed by atoms with Gasteiger partial charge in [-0.15, -0.1) is 0 Å². The second kappa shape index (κ2) is 4.44. The van der Waals surface area contributed by atoms with E-state index in [4.69, 9.17) is 0 Å². The molecule has 1 aliphatic heterocycles. The number of nitrogens with zero attached hydrogens (tertiary/aromatic N) is 1. The van der Waals surface area contributed by atoms with Crippen molar-refractivity contribution in [2.45, 2.75) is 45.7 Å². The Morgan fingerprint density at radius 3 is 2.57 bits per heavy atom. The zero-order chi connectivity index (χ0) is 10.7. The van der Waals surface area contributed by atoms with Crippen molar-refractivity contribution < 1.29 is 9.59 Å². The van der Waals surface area contributed by atoms with Gasteiger partial charge >= 0.3 is 0 Å². The molecular formula is C10H18N2O2. The Morgan fingerprint density at radius 2 is 2.00 bits per heavy atom. The second-order valence-corrected chi connectivity index (χ2v) is 3.79. The standard InChI is InChI=1S/C10H18N2O2/c1-4-5-6-12-8(3)9(13)11-7(2)10(12)14/h7-8H,4-6H2,1-3H3,(H,11,13). The van der Waals surface area contributed by atoms with Crippen molar-refractivity contribution in [2.24, 2.45) is 0 Å². The van der Waals surface area contributed by atoms with E-state index in [1.54, 1.807) is 18.7 Å². The fourth-order valence-electron chi connectivity index (χ4n) is 1.61. The summed E-state index contributed by atoms with van der Waals surface area (Å²) in [5.74, 6) is -0.0150. The lowest BCUT2D eigenvalue weighted by atomic mass is 10.1. The predicted molar refractivity (Wildman–Crippen MR) is 53.7 cm³/mol. The summed E-state index contributed by atoms with van der Waals surface area (Å²) in [4.78, 5) is 24.8. The summed E-state index contributed by atoms with van der Waals surface area (Å²) in [6.07, 6.45) is 1.99. The van der Waals surface area contributed by atoms with Gasteiger partial charge in [-0.1, -0.05) is 13.3 Å². The number of hydrogen-bond acceptors (Lipinski definition) is 2. The van der Waals surface area contributed by atoms with Gasteiger partial charge in [0.05, 0.1) is 0 Å². The molecule has 0 spiro atoms. The normalized spacial score (nSPS) is 27.8. The van der Waals surface area contributed by atoms with Gasteiger partial charge in [0.1, 0.15) is 12.1 Å². The van der Waals surface area contributed by atoms with E-state index in [0.717, 1.165) is 12.8 Å². The molecule has 4 heteroatoms. The van der Waals surface area contributed by atoms with Gasteiger partial charge in [0.2, 0.25) is 11.8 Å². The van der Waals surface area contributed by atoms with E-state index in [0.29, 0.717) is 6.54 Å². The third-order valence-electron chi connectivity index (χ3n) is 2.61. The van der Waals surface area contributed by atoms with Crippen molar-refractivity contribution in [3.63, 3.8) is 0 Å². The highest BCUT2D eigenvalue weighted by Crippen LogP contribution is 2.10. The molecule has 2 amide bonds. The summed E-state index contributed by atoms with van der Waals surface area (Å²) in [6.45, 7) is 6.26. The fraction of sp³-hybridized carbons (Fsp3) is 0.800. The lowest BCUT2D eigenvalue weighted by Crippen LogP contribution is -2.61. The van der Waals surface area contributed by atoms with Crippen LogP contribution in [0.15, 0.2) is 0 Å².